The summed E-state index contributed by atoms with van der Waals surface area (Å²) < 4.78 is 30.1. The number of piperazine rings is 1. The molecule has 0 unspecified atom stereocenters. The second-order valence-corrected chi connectivity index (χ2v) is 8.25. The Balaban J connectivity index is 1.28. The van der Waals surface area contributed by atoms with Crippen LogP contribution < -0.4 is 4.74 Å². The Morgan fingerprint density at radius 2 is 1.76 bits per heavy atom. The highest BCUT2D eigenvalue weighted by atomic mass is 35.5. The second kappa shape index (κ2) is 10.7. The van der Waals surface area contributed by atoms with Crippen LogP contribution in [-0.2, 0) is 17.9 Å². The maximum absolute atomic E-state index is 14.1. The zero-order valence-electron chi connectivity index (χ0n) is 18.6. The second-order valence-electron chi connectivity index (χ2n) is 7.84. The zero-order valence-corrected chi connectivity index (χ0v) is 19.4. The fraction of sp³-hybridized carbons (Fsp3) is 0.280. The van der Waals surface area contributed by atoms with Gasteiger partial charge >= 0.3 is 5.97 Å². The van der Waals surface area contributed by atoms with Crippen molar-refractivity contribution in [3.8, 4) is 5.75 Å². The van der Waals surface area contributed by atoms with Gasteiger partial charge in [-0.2, -0.15) is 0 Å². The smallest absolute Gasteiger partial charge is 0.337 e. The van der Waals surface area contributed by atoms with Crippen LogP contribution in [0.4, 0.5) is 4.39 Å². The van der Waals surface area contributed by atoms with Gasteiger partial charge in [0.2, 0.25) is 0 Å². The summed E-state index contributed by atoms with van der Waals surface area (Å²) in [5, 5.41) is 0.406. The highest BCUT2D eigenvalue weighted by Crippen LogP contribution is 2.22. The quantitative estimate of drug-likeness (QED) is 0.461. The highest BCUT2D eigenvalue weighted by molar-refractivity contribution is 6.31. The molecular formula is C25H24ClFN2O5. The molecule has 4 rings (SSSR count). The van der Waals surface area contributed by atoms with Crippen molar-refractivity contribution in [2.75, 3.05) is 33.3 Å². The van der Waals surface area contributed by atoms with Gasteiger partial charge in [-0.25, -0.2) is 9.18 Å². The van der Waals surface area contributed by atoms with Gasteiger partial charge in [0.1, 0.15) is 23.9 Å². The average molecular weight is 487 g/mol. The third kappa shape index (κ3) is 5.58. The SMILES string of the molecule is COC(=O)c1ccc(OCc2ccc(C(=O)N3CCN(Cc4c(F)cccc4Cl)CC3)o2)cc1. The molecule has 0 spiro atoms. The van der Waals surface area contributed by atoms with E-state index >= 15 is 0 Å². The number of carbonyl (C=O) groups excluding carboxylic acids is 2. The van der Waals surface area contributed by atoms with E-state index in [-0.39, 0.29) is 24.1 Å². The molecule has 0 N–H and O–H groups in total. The molecular weight excluding hydrogens is 463 g/mol. The number of methoxy groups -OCH3 is 1. The van der Waals surface area contributed by atoms with Crippen LogP contribution in [0.2, 0.25) is 5.02 Å². The monoisotopic (exact) mass is 486 g/mol. The Labute approximate surface area is 201 Å². The number of esters is 1. The molecule has 0 saturated carbocycles. The molecule has 3 aromatic rings. The van der Waals surface area contributed by atoms with E-state index in [0.717, 1.165) is 0 Å². The van der Waals surface area contributed by atoms with Crippen molar-refractivity contribution in [3.63, 3.8) is 0 Å². The van der Waals surface area contributed by atoms with Crippen molar-refractivity contribution in [3.05, 3.63) is 88.1 Å². The normalized spacial score (nSPS) is 14.1. The van der Waals surface area contributed by atoms with Gasteiger partial charge in [-0.1, -0.05) is 17.7 Å². The van der Waals surface area contributed by atoms with Crippen molar-refractivity contribution in [1.82, 2.24) is 9.80 Å². The van der Waals surface area contributed by atoms with Gasteiger partial charge in [0.05, 0.1) is 12.7 Å². The summed E-state index contributed by atoms with van der Waals surface area (Å²) in [5.74, 6) is 0.368. The minimum Gasteiger partial charge on any atom is -0.486 e. The van der Waals surface area contributed by atoms with Crippen molar-refractivity contribution in [1.29, 1.82) is 0 Å². The van der Waals surface area contributed by atoms with Crippen molar-refractivity contribution < 1.29 is 27.9 Å². The molecule has 1 aromatic heterocycles. The highest BCUT2D eigenvalue weighted by Gasteiger charge is 2.25. The lowest BCUT2D eigenvalue weighted by atomic mass is 10.2. The molecule has 0 radical (unpaired) electrons. The molecule has 1 fully saturated rings. The summed E-state index contributed by atoms with van der Waals surface area (Å²) in [4.78, 5) is 28.1. The molecule has 1 aliphatic rings. The molecule has 1 aliphatic heterocycles. The lowest BCUT2D eigenvalue weighted by Gasteiger charge is -2.34. The minimum atomic E-state index is -0.419. The van der Waals surface area contributed by atoms with Gasteiger partial charge in [-0.05, 0) is 48.5 Å². The van der Waals surface area contributed by atoms with E-state index in [1.54, 1.807) is 53.4 Å². The Hall–Kier alpha value is -3.36. The van der Waals surface area contributed by atoms with Crippen LogP contribution >= 0.6 is 11.6 Å². The van der Waals surface area contributed by atoms with E-state index in [0.29, 0.717) is 60.4 Å². The van der Waals surface area contributed by atoms with Gasteiger partial charge in [-0.3, -0.25) is 9.69 Å². The molecule has 2 heterocycles. The molecule has 0 bridgehead atoms. The Morgan fingerprint density at radius 3 is 2.44 bits per heavy atom. The first-order valence-corrected chi connectivity index (χ1v) is 11.2. The third-order valence-electron chi connectivity index (χ3n) is 5.63. The number of ether oxygens (including phenoxy) is 2. The largest absolute Gasteiger partial charge is 0.486 e. The predicted octanol–water partition coefficient (Wildman–Crippen LogP) is 4.40. The Bertz CT molecular complexity index is 1140. The van der Waals surface area contributed by atoms with E-state index in [4.69, 9.17) is 20.8 Å². The fourth-order valence-corrected chi connectivity index (χ4v) is 3.92. The summed E-state index contributed by atoms with van der Waals surface area (Å²) in [7, 11) is 1.32. The maximum atomic E-state index is 14.1. The molecule has 0 aliphatic carbocycles. The van der Waals surface area contributed by atoms with Crippen LogP contribution in [0, 0.1) is 5.82 Å². The molecule has 9 heteroatoms. The molecule has 178 valence electrons. The number of halogens is 2. The first-order valence-electron chi connectivity index (χ1n) is 10.8. The third-order valence-corrected chi connectivity index (χ3v) is 5.99. The van der Waals surface area contributed by atoms with Crippen LogP contribution in [0.3, 0.4) is 0 Å². The fourth-order valence-electron chi connectivity index (χ4n) is 3.70. The maximum Gasteiger partial charge on any atom is 0.337 e. The summed E-state index contributed by atoms with van der Waals surface area (Å²) >= 11 is 6.13. The van der Waals surface area contributed by atoms with Crippen LogP contribution in [-0.4, -0.2) is 55.0 Å². The van der Waals surface area contributed by atoms with Gasteiger partial charge in [0, 0.05) is 43.3 Å². The van der Waals surface area contributed by atoms with Crippen LogP contribution in [0.25, 0.3) is 0 Å². The van der Waals surface area contributed by atoms with Crippen molar-refractivity contribution >= 4 is 23.5 Å². The van der Waals surface area contributed by atoms with E-state index < -0.39 is 5.97 Å². The molecule has 0 atom stereocenters. The number of hydrogen-bond acceptors (Lipinski definition) is 6. The van der Waals surface area contributed by atoms with Crippen LogP contribution in [0.5, 0.6) is 5.75 Å². The summed E-state index contributed by atoms with van der Waals surface area (Å²) in [6.45, 7) is 2.76. The van der Waals surface area contributed by atoms with Gasteiger partial charge < -0.3 is 18.8 Å². The van der Waals surface area contributed by atoms with Crippen molar-refractivity contribution in [2.24, 2.45) is 0 Å². The molecule has 1 amide bonds. The Morgan fingerprint density at radius 1 is 1.03 bits per heavy atom. The number of nitrogens with zero attached hydrogens (tertiary/aromatic N) is 2. The summed E-state index contributed by atoms with van der Waals surface area (Å²) in [6.07, 6.45) is 0. The first kappa shape index (κ1) is 23.8. The predicted molar refractivity (Wildman–Crippen MR) is 123 cm³/mol. The van der Waals surface area contributed by atoms with Crippen molar-refractivity contribution in [2.45, 2.75) is 13.2 Å². The van der Waals surface area contributed by atoms with E-state index in [2.05, 4.69) is 9.64 Å². The minimum absolute atomic E-state index is 0.141. The zero-order chi connectivity index (χ0) is 24.1. The number of amides is 1. The molecule has 7 nitrogen and oxygen atoms in total. The van der Waals surface area contributed by atoms with Gasteiger partial charge in [0.15, 0.2) is 5.76 Å². The molecule has 2 aromatic carbocycles. The number of rotatable bonds is 7. The lowest BCUT2D eigenvalue weighted by molar-refractivity contribution is 0.0589. The number of hydrogen-bond donors (Lipinski definition) is 0. The number of furan rings is 1. The molecule has 1 saturated heterocycles. The van der Waals surface area contributed by atoms with Gasteiger partial charge in [-0.15, -0.1) is 0 Å². The van der Waals surface area contributed by atoms with Crippen LogP contribution in [0.15, 0.2) is 59.0 Å². The topological polar surface area (TPSA) is 72.2 Å². The first-order chi connectivity index (χ1) is 16.4. The summed E-state index contributed by atoms with van der Waals surface area (Å²) in [6, 6.07) is 14.5. The van der Waals surface area contributed by atoms with E-state index in [9.17, 15) is 14.0 Å². The van der Waals surface area contributed by atoms with E-state index in [1.807, 2.05) is 0 Å². The molecule has 34 heavy (non-hydrogen) atoms. The Kier molecular flexibility index (Phi) is 7.49. The standard InChI is InChI=1S/C25H24ClFN2O5/c1-32-25(31)17-5-7-18(8-6-17)33-16-19-9-10-23(34-19)24(30)29-13-11-28(12-14-29)15-20-21(26)3-2-4-22(20)27/h2-10H,11-16H2,1H3. The van der Waals surface area contributed by atoms with E-state index in [1.165, 1.54) is 13.2 Å². The van der Waals surface area contributed by atoms with Gasteiger partial charge in [0.25, 0.3) is 5.91 Å². The van der Waals surface area contributed by atoms with Crippen LogP contribution in [0.1, 0.15) is 32.2 Å². The number of benzene rings is 2. The summed E-state index contributed by atoms with van der Waals surface area (Å²) in [5.41, 5.74) is 0.900. The average Bonchev–Trinajstić information content (AvgIpc) is 3.34. The lowest BCUT2D eigenvalue weighted by Crippen LogP contribution is -2.48. The number of carbonyl (C=O) groups is 2.